The standard InChI is InChI=1S/C21H33N5O2/c1-16-11-22-18(23-12-16)25-14-21(15-25)7-10-26(21)13-17-5-8-24(9-6-17)19(27)28-20(2,3)4/h11-12,17H,5-10,13-15H2,1-4H3. The van der Waals surface area contributed by atoms with Crippen LogP contribution < -0.4 is 4.90 Å². The van der Waals surface area contributed by atoms with E-state index in [2.05, 4.69) is 19.8 Å². The fraction of sp³-hybridized carbons (Fsp3) is 0.762. The molecule has 7 heteroatoms. The number of ether oxygens (including phenoxy) is 1. The van der Waals surface area contributed by atoms with Crippen molar-refractivity contribution in [1.82, 2.24) is 19.8 Å². The summed E-state index contributed by atoms with van der Waals surface area (Å²) in [5.74, 6) is 1.52. The van der Waals surface area contributed by atoms with Crippen molar-refractivity contribution < 1.29 is 9.53 Å². The molecular formula is C21H33N5O2. The molecule has 0 unspecified atom stereocenters. The molecule has 1 amide bonds. The highest BCUT2D eigenvalue weighted by molar-refractivity contribution is 5.68. The predicted molar refractivity (Wildman–Crippen MR) is 108 cm³/mol. The van der Waals surface area contributed by atoms with Gasteiger partial charge in [-0.2, -0.15) is 0 Å². The van der Waals surface area contributed by atoms with Crippen LogP contribution in [0.5, 0.6) is 0 Å². The molecule has 0 N–H and O–H groups in total. The fourth-order valence-corrected chi connectivity index (χ4v) is 4.52. The average molecular weight is 388 g/mol. The zero-order chi connectivity index (χ0) is 19.9. The highest BCUT2D eigenvalue weighted by Gasteiger charge is 2.54. The number of hydrogen-bond acceptors (Lipinski definition) is 6. The maximum atomic E-state index is 12.2. The number of aryl methyl sites for hydroxylation is 1. The molecule has 1 spiro atoms. The van der Waals surface area contributed by atoms with Crippen LogP contribution in [0.3, 0.4) is 0 Å². The number of rotatable bonds is 3. The number of hydrogen-bond donors (Lipinski definition) is 0. The van der Waals surface area contributed by atoms with Crippen LogP contribution in [0, 0.1) is 12.8 Å². The number of anilines is 1. The summed E-state index contributed by atoms with van der Waals surface area (Å²) in [6.45, 7) is 13.8. The first-order valence-corrected chi connectivity index (χ1v) is 10.5. The van der Waals surface area contributed by atoms with E-state index in [0.29, 0.717) is 11.5 Å². The monoisotopic (exact) mass is 387 g/mol. The van der Waals surface area contributed by atoms with Gasteiger partial charge in [-0.15, -0.1) is 0 Å². The van der Waals surface area contributed by atoms with E-state index < -0.39 is 5.60 Å². The molecule has 0 bridgehead atoms. The number of likely N-dealkylation sites (tertiary alicyclic amines) is 2. The van der Waals surface area contributed by atoms with Gasteiger partial charge < -0.3 is 14.5 Å². The summed E-state index contributed by atoms with van der Waals surface area (Å²) in [7, 11) is 0. The fourth-order valence-electron chi connectivity index (χ4n) is 4.52. The Hall–Kier alpha value is -1.89. The lowest BCUT2D eigenvalue weighted by Gasteiger charge is -2.63. The number of carbonyl (C=O) groups excluding carboxylic acids is 1. The SMILES string of the molecule is Cc1cnc(N2CC3(CCN3CC3CCN(C(=O)OC(C)(C)C)CC3)C2)nc1. The van der Waals surface area contributed by atoms with Crippen LogP contribution in [0.1, 0.15) is 45.6 Å². The normalized spacial score (nSPS) is 22.7. The summed E-state index contributed by atoms with van der Waals surface area (Å²) < 4.78 is 5.51. The van der Waals surface area contributed by atoms with Crippen LogP contribution in [0.15, 0.2) is 12.4 Å². The summed E-state index contributed by atoms with van der Waals surface area (Å²) in [5, 5.41) is 0. The molecule has 1 aromatic heterocycles. The topological polar surface area (TPSA) is 61.8 Å². The average Bonchev–Trinajstić information content (AvgIpc) is 2.58. The molecule has 3 saturated heterocycles. The third-order valence-corrected chi connectivity index (χ3v) is 6.28. The molecule has 4 rings (SSSR count). The zero-order valence-corrected chi connectivity index (χ0v) is 17.6. The Morgan fingerprint density at radius 1 is 1.18 bits per heavy atom. The van der Waals surface area contributed by atoms with Crippen LogP contribution >= 0.6 is 0 Å². The summed E-state index contributed by atoms with van der Waals surface area (Å²) >= 11 is 0. The minimum Gasteiger partial charge on any atom is -0.444 e. The molecule has 7 nitrogen and oxygen atoms in total. The summed E-state index contributed by atoms with van der Waals surface area (Å²) in [5.41, 5.74) is 1.01. The van der Waals surface area contributed by atoms with Gasteiger partial charge in [0.2, 0.25) is 5.95 Å². The molecule has 0 aromatic carbocycles. The van der Waals surface area contributed by atoms with Gasteiger partial charge in [-0.1, -0.05) is 0 Å². The largest absolute Gasteiger partial charge is 0.444 e. The Bertz CT molecular complexity index is 701. The van der Waals surface area contributed by atoms with Crippen LogP contribution in [0.25, 0.3) is 0 Å². The second kappa shape index (κ2) is 7.17. The molecule has 28 heavy (non-hydrogen) atoms. The van der Waals surface area contributed by atoms with Gasteiger partial charge in [0, 0.05) is 51.7 Å². The van der Waals surface area contributed by atoms with Gasteiger partial charge in [-0.05, 0) is 58.4 Å². The maximum absolute atomic E-state index is 12.2. The molecule has 0 atom stereocenters. The Morgan fingerprint density at radius 3 is 2.36 bits per heavy atom. The van der Waals surface area contributed by atoms with Crippen LogP contribution in [-0.4, -0.2) is 76.3 Å². The minimum absolute atomic E-state index is 0.167. The Labute approximate surface area is 168 Å². The van der Waals surface area contributed by atoms with Gasteiger partial charge in [0.15, 0.2) is 0 Å². The summed E-state index contributed by atoms with van der Waals surface area (Å²) in [6.07, 6.45) is 7.02. The molecule has 0 aliphatic carbocycles. The Kier molecular flexibility index (Phi) is 4.98. The van der Waals surface area contributed by atoms with E-state index in [1.165, 1.54) is 13.0 Å². The molecule has 3 aliphatic rings. The van der Waals surface area contributed by atoms with Crippen molar-refractivity contribution in [2.24, 2.45) is 5.92 Å². The molecule has 0 radical (unpaired) electrons. The lowest BCUT2D eigenvalue weighted by atomic mass is 9.76. The van der Waals surface area contributed by atoms with Gasteiger partial charge in [0.05, 0.1) is 5.54 Å². The number of piperidine rings is 1. The first-order chi connectivity index (χ1) is 13.2. The lowest BCUT2D eigenvalue weighted by Crippen LogP contribution is -2.77. The quantitative estimate of drug-likeness (QED) is 0.795. The number of nitrogens with zero attached hydrogens (tertiary/aromatic N) is 5. The maximum Gasteiger partial charge on any atom is 0.410 e. The third-order valence-electron chi connectivity index (χ3n) is 6.28. The van der Waals surface area contributed by atoms with E-state index in [1.54, 1.807) is 0 Å². The number of aromatic nitrogens is 2. The molecule has 154 valence electrons. The summed E-state index contributed by atoms with van der Waals surface area (Å²) in [4.78, 5) is 28.0. The van der Waals surface area contributed by atoms with Crippen molar-refractivity contribution in [2.45, 2.75) is 58.1 Å². The van der Waals surface area contributed by atoms with Gasteiger partial charge in [0.25, 0.3) is 0 Å². The smallest absolute Gasteiger partial charge is 0.410 e. The Balaban J connectivity index is 1.23. The van der Waals surface area contributed by atoms with E-state index in [9.17, 15) is 4.79 Å². The van der Waals surface area contributed by atoms with E-state index >= 15 is 0 Å². The van der Waals surface area contributed by atoms with Crippen molar-refractivity contribution >= 4 is 12.0 Å². The van der Waals surface area contributed by atoms with Crippen molar-refractivity contribution in [2.75, 3.05) is 44.2 Å². The van der Waals surface area contributed by atoms with E-state index in [1.807, 2.05) is 45.0 Å². The first-order valence-electron chi connectivity index (χ1n) is 10.5. The van der Waals surface area contributed by atoms with E-state index in [-0.39, 0.29) is 6.09 Å². The molecule has 3 fully saturated rings. The number of amides is 1. The van der Waals surface area contributed by atoms with Crippen LogP contribution in [0.4, 0.5) is 10.7 Å². The van der Waals surface area contributed by atoms with Crippen LogP contribution in [-0.2, 0) is 4.74 Å². The second-order valence-electron chi connectivity index (χ2n) is 9.75. The predicted octanol–water partition coefficient (Wildman–Crippen LogP) is 2.70. The third kappa shape index (κ3) is 3.95. The van der Waals surface area contributed by atoms with E-state index in [4.69, 9.17) is 4.74 Å². The van der Waals surface area contributed by atoms with Gasteiger partial charge >= 0.3 is 6.09 Å². The van der Waals surface area contributed by atoms with Gasteiger partial charge in [-0.25, -0.2) is 14.8 Å². The highest BCUT2D eigenvalue weighted by Crippen LogP contribution is 2.41. The van der Waals surface area contributed by atoms with Gasteiger partial charge in [0.1, 0.15) is 5.60 Å². The van der Waals surface area contributed by atoms with Crippen LogP contribution in [0.2, 0.25) is 0 Å². The molecule has 1 aromatic rings. The molecule has 3 aliphatic heterocycles. The van der Waals surface area contributed by atoms with Gasteiger partial charge in [-0.3, -0.25) is 4.90 Å². The molecular weight excluding hydrogens is 354 g/mol. The molecule has 0 saturated carbocycles. The number of carbonyl (C=O) groups is 1. The minimum atomic E-state index is -0.421. The second-order valence-corrected chi connectivity index (χ2v) is 9.75. The first kappa shape index (κ1) is 19.4. The van der Waals surface area contributed by atoms with E-state index in [0.717, 1.165) is 57.1 Å². The molecule has 4 heterocycles. The summed E-state index contributed by atoms with van der Waals surface area (Å²) in [6, 6.07) is 0. The Morgan fingerprint density at radius 2 is 1.82 bits per heavy atom. The van der Waals surface area contributed by atoms with Crippen molar-refractivity contribution in [3.05, 3.63) is 18.0 Å². The zero-order valence-electron chi connectivity index (χ0n) is 17.6. The highest BCUT2D eigenvalue weighted by atomic mass is 16.6. The van der Waals surface area contributed by atoms with Crippen molar-refractivity contribution in [1.29, 1.82) is 0 Å². The lowest BCUT2D eigenvalue weighted by molar-refractivity contribution is -0.0531. The van der Waals surface area contributed by atoms with Crippen molar-refractivity contribution in [3.63, 3.8) is 0 Å². The van der Waals surface area contributed by atoms with Crippen molar-refractivity contribution in [3.8, 4) is 0 Å².